The van der Waals surface area contributed by atoms with Gasteiger partial charge in [0.25, 0.3) is 0 Å². The average molecular weight is 214 g/mol. The molecule has 0 radical (unpaired) electrons. The maximum atomic E-state index is 13.0. The molecular formula is C11H13ClFN. The highest BCUT2D eigenvalue weighted by Gasteiger charge is 2.18. The van der Waals surface area contributed by atoms with Gasteiger partial charge in [-0.1, -0.05) is 6.07 Å². The minimum absolute atomic E-state index is 0.151. The smallest absolute Gasteiger partial charge is 0.125 e. The molecule has 1 aromatic carbocycles. The number of hydrogen-bond donors (Lipinski definition) is 0. The summed E-state index contributed by atoms with van der Waals surface area (Å²) in [5.41, 5.74) is 2.30. The number of fused-ring (bicyclic) bond motifs is 1. The molecule has 14 heavy (non-hydrogen) atoms. The van der Waals surface area contributed by atoms with E-state index in [1.54, 1.807) is 6.07 Å². The van der Waals surface area contributed by atoms with Crippen LogP contribution in [0.25, 0.3) is 0 Å². The standard InChI is InChI=1S/C11H13ClFN/c12-5-1-6-14-7-4-9-2-3-10(13)8-11(9)14/h2-3,8H,1,4-7H2. The van der Waals surface area contributed by atoms with Crippen LogP contribution in [0.3, 0.4) is 0 Å². The molecule has 76 valence electrons. The minimum Gasteiger partial charge on any atom is -0.371 e. The van der Waals surface area contributed by atoms with Gasteiger partial charge in [0, 0.05) is 24.7 Å². The van der Waals surface area contributed by atoms with Crippen molar-refractivity contribution in [1.82, 2.24) is 0 Å². The highest BCUT2D eigenvalue weighted by molar-refractivity contribution is 6.17. The maximum absolute atomic E-state index is 13.0. The fourth-order valence-electron chi connectivity index (χ4n) is 1.90. The van der Waals surface area contributed by atoms with Crippen molar-refractivity contribution in [2.24, 2.45) is 0 Å². The number of halogens is 2. The topological polar surface area (TPSA) is 3.24 Å². The lowest BCUT2D eigenvalue weighted by Gasteiger charge is -2.18. The molecule has 0 atom stereocenters. The molecule has 0 aliphatic carbocycles. The molecule has 0 spiro atoms. The van der Waals surface area contributed by atoms with Gasteiger partial charge in [0.1, 0.15) is 5.82 Å². The van der Waals surface area contributed by atoms with Crippen molar-refractivity contribution in [3.63, 3.8) is 0 Å². The summed E-state index contributed by atoms with van der Waals surface area (Å²) in [4.78, 5) is 2.21. The Labute approximate surface area is 88.5 Å². The lowest BCUT2D eigenvalue weighted by molar-refractivity contribution is 0.627. The summed E-state index contributed by atoms with van der Waals surface area (Å²) < 4.78 is 13.0. The zero-order valence-electron chi connectivity index (χ0n) is 7.97. The van der Waals surface area contributed by atoms with E-state index in [1.165, 1.54) is 11.6 Å². The summed E-state index contributed by atoms with van der Waals surface area (Å²) in [6.07, 6.45) is 1.98. The van der Waals surface area contributed by atoms with Gasteiger partial charge < -0.3 is 4.90 Å². The number of rotatable bonds is 3. The summed E-state index contributed by atoms with van der Waals surface area (Å²) in [5, 5.41) is 0. The van der Waals surface area contributed by atoms with Crippen LogP contribution in [-0.4, -0.2) is 19.0 Å². The van der Waals surface area contributed by atoms with Crippen molar-refractivity contribution in [3.05, 3.63) is 29.6 Å². The lowest BCUT2D eigenvalue weighted by Crippen LogP contribution is -2.21. The van der Waals surface area contributed by atoms with Crippen LogP contribution in [0.4, 0.5) is 10.1 Å². The first-order chi connectivity index (χ1) is 6.81. The summed E-state index contributed by atoms with van der Waals surface area (Å²) >= 11 is 5.64. The fourth-order valence-corrected chi connectivity index (χ4v) is 2.02. The van der Waals surface area contributed by atoms with E-state index in [0.29, 0.717) is 5.88 Å². The van der Waals surface area contributed by atoms with Gasteiger partial charge in [0.15, 0.2) is 0 Å². The highest BCUT2D eigenvalue weighted by atomic mass is 35.5. The molecule has 0 unspecified atom stereocenters. The predicted octanol–water partition coefficient (Wildman–Crippen LogP) is 2.82. The van der Waals surface area contributed by atoms with E-state index in [0.717, 1.165) is 31.6 Å². The Morgan fingerprint density at radius 1 is 1.43 bits per heavy atom. The Morgan fingerprint density at radius 2 is 2.29 bits per heavy atom. The van der Waals surface area contributed by atoms with Gasteiger partial charge in [-0.2, -0.15) is 0 Å². The SMILES string of the molecule is Fc1ccc2c(c1)N(CCCCl)CC2. The molecule has 0 amide bonds. The highest BCUT2D eigenvalue weighted by Crippen LogP contribution is 2.28. The summed E-state index contributed by atoms with van der Waals surface area (Å²) in [7, 11) is 0. The van der Waals surface area contributed by atoms with Gasteiger partial charge >= 0.3 is 0 Å². The Bertz CT molecular complexity index is 327. The van der Waals surface area contributed by atoms with E-state index in [1.807, 2.05) is 6.07 Å². The summed E-state index contributed by atoms with van der Waals surface area (Å²) in [5.74, 6) is 0.516. The number of alkyl halides is 1. The van der Waals surface area contributed by atoms with Crippen molar-refractivity contribution < 1.29 is 4.39 Å². The van der Waals surface area contributed by atoms with Crippen LogP contribution in [0.5, 0.6) is 0 Å². The molecule has 1 aliphatic rings. The van der Waals surface area contributed by atoms with Crippen LogP contribution in [0.1, 0.15) is 12.0 Å². The Balaban J connectivity index is 2.16. The third-order valence-corrected chi connectivity index (χ3v) is 2.87. The van der Waals surface area contributed by atoms with Gasteiger partial charge in [-0.3, -0.25) is 0 Å². The van der Waals surface area contributed by atoms with Gasteiger partial charge in [-0.05, 0) is 30.5 Å². The first-order valence-corrected chi connectivity index (χ1v) is 5.44. The van der Waals surface area contributed by atoms with Crippen LogP contribution in [-0.2, 0) is 6.42 Å². The molecule has 0 aromatic heterocycles. The molecule has 0 saturated heterocycles. The van der Waals surface area contributed by atoms with Crippen molar-refractivity contribution in [2.75, 3.05) is 23.9 Å². The van der Waals surface area contributed by atoms with Crippen LogP contribution < -0.4 is 4.90 Å². The third kappa shape index (κ3) is 1.85. The van der Waals surface area contributed by atoms with Gasteiger partial charge in [0.05, 0.1) is 0 Å². The number of hydrogen-bond acceptors (Lipinski definition) is 1. The molecule has 0 saturated carbocycles. The van der Waals surface area contributed by atoms with Gasteiger partial charge in [-0.15, -0.1) is 11.6 Å². The van der Waals surface area contributed by atoms with Crippen molar-refractivity contribution in [3.8, 4) is 0 Å². The average Bonchev–Trinajstić information content (AvgIpc) is 2.57. The summed E-state index contributed by atoms with van der Waals surface area (Å²) in [6.45, 7) is 1.93. The Hall–Kier alpha value is -0.760. The normalized spacial score (nSPS) is 14.6. The second-order valence-corrected chi connectivity index (χ2v) is 3.93. The molecule has 0 bridgehead atoms. The molecule has 0 fully saturated rings. The van der Waals surface area contributed by atoms with E-state index in [9.17, 15) is 4.39 Å². The Morgan fingerprint density at radius 3 is 3.07 bits per heavy atom. The van der Waals surface area contributed by atoms with E-state index >= 15 is 0 Å². The zero-order valence-corrected chi connectivity index (χ0v) is 8.73. The Kier molecular flexibility index (Phi) is 2.92. The van der Waals surface area contributed by atoms with Crippen LogP contribution in [0, 0.1) is 5.82 Å². The van der Waals surface area contributed by atoms with Crippen molar-refractivity contribution in [1.29, 1.82) is 0 Å². The number of nitrogens with zero attached hydrogens (tertiary/aromatic N) is 1. The van der Waals surface area contributed by atoms with Crippen LogP contribution >= 0.6 is 11.6 Å². The summed E-state index contributed by atoms with van der Waals surface area (Å²) in [6, 6.07) is 5.03. The number of benzene rings is 1. The van der Waals surface area contributed by atoms with E-state index in [4.69, 9.17) is 11.6 Å². The molecule has 3 heteroatoms. The monoisotopic (exact) mass is 213 g/mol. The van der Waals surface area contributed by atoms with Gasteiger partial charge in [-0.25, -0.2) is 4.39 Å². The zero-order chi connectivity index (χ0) is 9.97. The fraction of sp³-hybridized carbons (Fsp3) is 0.455. The van der Waals surface area contributed by atoms with E-state index in [2.05, 4.69) is 4.90 Å². The molecule has 1 nitrogen and oxygen atoms in total. The maximum Gasteiger partial charge on any atom is 0.125 e. The molecule has 1 aromatic rings. The van der Waals surface area contributed by atoms with Gasteiger partial charge in [0.2, 0.25) is 0 Å². The first kappa shape index (κ1) is 9.78. The van der Waals surface area contributed by atoms with E-state index < -0.39 is 0 Å². The number of anilines is 1. The molecular weight excluding hydrogens is 201 g/mol. The third-order valence-electron chi connectivity index (χ3n) is 2.60. The first-order valence-electron chi connectivity index (χ1n) is 4.90. The van der Waals surface area contributed by atoms with Crippen molar-refractivity contribution in [2.45, 2.75) is 12.8 Å². The van der Waals surface area contributed by atoms with E-state index in [-0.39, 0.29) is 5.82 Å². The minimum atomic E-state index is -0.151. The molecule has 1 heterocycles. The second-order valence-electron chi connectivity index (χ2n) is 3.55. The van der Waals surface area contributed by atoms with Crippen molar-refractivity contribution >= 4 is 17.3 Å². The van der Waals surface area contributed by atoms with Crippen LogP contribution in [0.2, 0.25) is 0 Å². The lowest BCUT2D eigenvalue weighted by atomic mass is 10.2. The largest absolute Gasteiger partial charge is 0.371 e. The molecule has 0 N–H and O–H groups in total. The molecule has 1 aliphatic heterocycles. The quantitative estimate of drug-likeness (QED) is 0.698. The molecule has 2 rings (SSSR count). The second kappa shape index (κ2) is 4.18. The predicted molar refractivity (Wildman–Crippen MR) is 57.7 cm³/mol. The van der Waals surface area contributed by atoms with Crippen LogP contribution in [0.15, 0.2) is 18.2 Å².